The van der Waals surface area contributed by atoms with E-state index in [1.165, 1.54) is 39.6 Å². The molecule has 0 atom stereocenters. The number of benzene rings is 3. The van der Waals surface area contributed by atoms with Crippen molar-refractivity contribution in [1.29, 1.82) is 0 Å². The van der Waals surface area contributed by atoms with Crippen molar-refractivity contribution >= 4 is 40.7 Å². The molecule has 0 radical (unpaired) electrons. The summed E-state index contributed by atoms with van der Waals surface area (Å²) in [7, 11) is 0. The van der Waals surface area contributed by atoms with Gasteiger partial charge in [0.2, 0.25) is 0 Å². The van der Waals surface area contributed by atoms with Gasteiger partial charge in [-0.3, -0.25) is 4.72 Å². The first-order valence-electron chi connectivity index (χ1n) is 9.66. The topological polar surface area (TPSA) is 24.1 Å². The summed E-state index contributed by atoms with van der Waals surface area (Å²) in [4.78, 5) is 3.78. The van der Waals surface area contributed by atoms with Crippen LogP contribution in [0.15, 0.2) is 88.0 Å². The minimum absolute atomic E-state index is 0.686. The van der Waals surface area contributed by atoms with Crippen LogP contribution in [-0.4, -0.2) is 6.04 Å². The van der Waals surface area contributed by atoms with Crippen LogP contribution in [-0.2, 0) is 0 Å². The molecular formula is C24H22N2S2. The van der Waals surface area contributed by atoms with Gasteiger partial charge in [-0.15, -0.1) is 0 Å². The summed E-state index contributed by atoms with van der Waals surface area (Å²) in [6.45, 7) is 4.36. The van der Waals surface area contributed by atoms with E-state index in [0.717, 1.165) is 22.4 Å². The van der Waals surface area contributed by atoms with Crippen LogP contribution in [0.2, 0.25) is 0 Å². The van der Waals surface area contributed by atoms with Crippen molar-refractivity contribution in [1.82, 2.24) is 4.72 Å². The fourth-order valence-corrected chi connectivity index (χ4v) is 5.17. The van der Waals surface area contributed by atoms with Crippen molar-refractivity contribution in [3.05, 3.63) is 84.4 Å². The van der Waals surface area contributed by atoms with Crippen LogP contribution in [0.5, 0.6) is 0 Å². The Morgan fingerprint density at radius 1 is 0.929 bits per heavy atom. The quantitative estimate of drug-likeness (QED) is 0.347. The Bertz CT molecular complexity index is 1020. The third-order valence-electron chi connectivity index (χ3n) is 5.36. The number of rotatable bonds is 5. The van der Waals surface area contributed by atoms with Gasteiger partial charge >= 0.3 is 0 Å². The third kappa shape index (κ3) is 3.60. The van der Waals surface area contributed by atoms with Gasteiger partial charge in [-0.05, 0) is 77.9 Å². The van der Waals surface area contributed by atoms with Gasteiger partial charge in [-0.2, -0.15) is 0 Å². The largest absolute Gasteiger partial charge is 0.354 e. The van der Waals surface area contributed by atoms with E-state index in [1.807, 2.05) is 11.8 Å². The van der Waals surface area contributed by atoms with Gasteiger partial charge in [0.05, 0.1) is 11.4 Å². The molecule has 140 valence electrons. The molecule has 0 aromatic heterocycles. The van der Waals surface area contributed by atoms with Gasteiger partial charge in [0.15, 0.2) is 0 Å². The molecule has 0 bridgehead atoms. The van der Waals surface area contributed by atoms with E-state index in [0.29, 0.717) is 6.04 Å². The fourth-order valence-electron chi connectivity index (χ4n) is 3.40. The van der Waals surface area contributed by atoms with Crippen molar-refractivity contribution in [2.75, 3.05) is 5.32 Å². The molecule has 3 aromatic carbocycles. The van der Waals surface area contributed by atoms with Crippen molar-refractivity contribution in [3.63, 3.8) is 0 Å². The first-order valence-corrected chi connectivity index (χ1v) is 11.3. The van der Waals surface area contributed by atoms with Crippen LogP contribution in [0.1, 0.15) is 30.4 Å². The number of para-hydroxylation sites is 1. The second kappa shape index (κ2) is 7.70. The van der Waals surface area contributed by atoms with E-state index in [2.05, 4.69) is 83.3 Å². The fraction of sp³-hybridized carbons (Fsp3) is 0.167. The molecule has 1 saturated carbocycles. The van der Waals surface area contributed by atoms with Gasteiger partial charge in [0.25, 0.3) is 0 Å². The van der Waals surface area contributed by atoms with Gasteiger partial charge < -0.3 is 5.32 Å². The molecule has 3 aromatic rings. The van der Waals surface area contributed by atoms with Crippen LogP contribution in [0, 0.1) is 0 Å². The van der Waals surface area contributed by atoms with Gasteiger partial charge in [-0.25, -0.2) is 0 Å². The van der Waals surface area contributed by atoms with Gasteiger partial charge in [0.1, 0.15) is 0 Å². The standard InChI is InChI=1S/C24H22N2S2/c1-16(17-9-12-20(13-10-17)28-26-19-5-4-6-19)18-11-14-24-22(15-18)25-21-7-2-3-8-23(21)27-24/h2-3,7-15,19,25-26H,1,4-6H2. The minimum Gasteiger partial charge on any atom is -0.354 e. The van der Waals surface area contributed by atoms with Crippen molar-refractivity contribution in [3.8, 4) is 0 Å². The molecule has 1 fully saturated rings. The van der Waals surface area contributed by atoms with Crippen LogP contribution in [0.25, 0.3) is 5.57 Å². The predicted octanol–water partition coefficient (Wildman–Crippen LogP) is 7.11. The van der Waals surface area contributed by atoms with Crippen molar-refractivity contribution in [2.24, 2.45) is 0 Å². The maximum Gasteiger partial charge on any atom is 0.0532 e. The molecule has 2 N–H and O–H groups in total. The van der Waals surface area contributed by atoms with Crippen molar-refractivity contribution < 1.29 is 0 Å². The van der Waals surface area contributed by atoms with Gasteiger partial charge in [0, 0.05) is 20.7 Å². The summed E-state index contributed by atoms with van der Waals surface area (Å²) >= 11 is 3.55. The molecule has 2 aliphatic rings. The highest BCUT2D eigenvalue weighted by atomic mass is 32.2. The molecule has 1 aliphatic carbocycles. The van der Waals surface area contributed by atoms with Crippen LogP contribution in [0.3, 0.4) is 0 Å². The summed E-state index contributed by atoms with van der Waals surface area (Å²) in [5, 5.41) is 3.56. The van der Waals surface area contributed by atoms with Crippen LogP contribution in [0.4, 0.5) is 11.4 Å². The number of hydrogen-bond donors (Lipinski definition) is 2. The smallest absolute Gasteiger partial charge is 0.0532 e. The molecule has 0 unspecified atom stereocenters. The number of nitrogens with one attached hydrogen (secondary N) is 2. The molecule has 0 saturated heterocycles. The van der Waals surface area contributed by atoms with Crippen LogP contribution < -0.4 is 10.0 Å². The zero-order valence-electron chi connectivity index (χ0n) is 15.6. The maximum absolute atomic E-state index is 4.36. The van der Waals surface area contributed by atoms with Crippen molar-refractivity contribution in [2.45, 2.75) is 40.0 Å². The lowest BCUT2D eigenvalue weighted by Crippen LogP contribution is -2.29. The monoisotopic (exact) mass is 402 g/mol. The summed E-state index contributed by atoms with van der Waals surface area (Å²) in [6, 6.07) is 24.4. The van der Waals surface area contributed by atoms with E-state index in [1.54, 1.807) is 11.9 Å². The Balaban J connectivity index is 1.31. The predicted molar refractivity (Wildman–Crippen MR) is 121 cm³/mol. The van der Waals surface area contributed by atoms with E-state index < -0.39 is 0 Å². The zero-order valence-corrected chi connectivity index (χ0v) is 17.2. The Hall–Kier alpha value is -2.14. The molecule has 1 heterocycles. The number of fused-ring (bicyclic) bond motifs is 2. The Labute approximate surface area is 175 Å². The molecule has 0 amide bonds. The van der Waals surface area contributed by atoms with Crippen LogP contribution >= 0.6 is 23.7 Å². The highest BCUT2D eigenvalue weighted by Crippen LogP contribution is 2.44. The average Bonchev–Trinajstić information content (AvgIpc) is 2.70. The van der Waals surface area contributed by atoms with Gasteiger partial charge in [-0.1, -0.05) is 55.1 Å². The second-order valence-corrected chi connectivity index (χ2v) is 9.28. The Morgan fingerprint density at radius 2 is 1.68 bits per heavy atom. The summed E-state index contributed by atoms with van der Waals surface area (Å²) < 4.78 is 3.54. The number of anilines is 2. The van der Waals surface area contributed by atoms with E-state index in [-0.39, 0.29) is 0 Å². The first-order chi connectivity index (χ1) is 13.8. The lowest BCUT2D eigenvalue weighted by atomic mass is 9.94. The van der Waals surface area contributed by atoms with E-state index in [9.17, 15) is 0 Å². The Kier molecular flexibility index (Phi) is 4.93. The SMILES string of the molecule is C=C(c1ccc(SNC2CCC2)cc1)c1ccc2c(c1)Nc1ccccc1S2. The number of hydrogen-bond acceptors (Lipinski definition) is 4. The highest BCUT2D eigenvalue weighted by molar-refractivity contribution is 7.99. The molecule has 0 spiro atoms. The molecule has 4 heteroatoms. The molecule has 2 nitrogen and oxygen atoms in total. The Morgan fingerprint density at radius 3 is 2.46 bits per heavy atom. The summed E-state index contributed by atoms with van der Waals surface area (Å²) in [5.74, 6) is 0. The minimum atomic E-state index is 0.686. The lowest BCUT2D eigenvalue weighted by Gasteiger charge is -2.25. The highest BCUT2D eigenvalue weighted by Gasteiger charge is 2.17. The zero-order chi connectivity index (χ0) is 18.9. The summed E-state index contributed by atoms with van der Waals surface area (Å²) in [6.07, 6.45) is 3.96. The third-order valence-corrected chi connectivity index (χ3v) is 7.47. The first kappa shape index (κ1) is 17.9. The molecule has 5 rings (SSSR count). The normalized spacial score (nSPS) is 15.1. The molecule has 1 aliphatic heterocycles. The van der Waals surface area contributed by atoms with E-state index >= 15 is 0 Å². The average molecular weight is 403 g/mol. The molecular weight excluding hydrogens is 380 g/mol. The molecule has 28 heavy (non-hydrogen) atoms. The lowest BCUT2D eigenvalue weighted by molar-refractivity contribution is 0.395. The van der Waals surface area contributed by atoms with E-state index in [4.69, 9.17) is 0 Å². The maximum atomic E-state index is 4.36. The summed E-state index contributed by atoms with van der Waals surface area (Å²) in [5.41, 5.74) is 5.69. The second-order valence-electron chi connectivity index (χ2n) is 7.28.